The molecule has 48 heavy (non-hydrogen) atoms. The number of nitrogens with one attached hydrogen (secondary N) is 1. The lowest BCUT2D eigenvalue weighted by atomic mass is 9.70. The molecule has 2 bridgehead atoms. The highest BCUT2D eigenvalue weighted by atomic mass is 35.5. The Morgan fingerprint density at radius 3 is 2.58 bits per heavy atom. The van der Waals surface area contributed by atoms with Gasteiger partial charge in [0, 0.05) is 13.0 Å². The Bertz CT molecular complexity index is 1530. The van der Waals surface area contributed by atoms with Crippen LogP contribution in [0.2, 0.25) is 5.02 Å². The third kappa shape index (κ3) is 6.41. The van der Waals surface area contributed by atoms with Crippen LogP contribution in [-0.2, 0) is 28.7 Å². The zero-order chi connectivity index (χ0) is 34.6. The summed E-state index contributed by atoms with van der Waals surface area (Å²) in [6, 6.07) is 12.0. The minimum absolute atomic E-state index is 0.100. The molecule has 5 rings (SSSR count). The Morgan fingerprint density at radius 2 is 1.94 bits per heavy atom. The first kappa shape index (κ1) is 35.3. The molecule has 3 amide bonds. The molecule has 11 heteroatoms. The van der Waals surface area contributed by atoms with Crippen LogP contribution in [0.4, 0.5) is 5.69 Å². The number of carbonyl (C=O) groups excluding carboxylic acids is 4. The van der Waals surface area contributed by atoms with E-state index in [0.29, 0.717) is 36.4 Å². The number of esters is 1. The van der Waals surface area contributed by atoms with Crippen molar-refractivity contribution in [2.45, 2.75) is 75.8 Å². The Balaban J connectivity index is 1.50. The molecule has 2 aromatic carbocycles. The zero-order valence-electron chi connectivity index (χ0n) is 27.5. The predicted octanol–water partition coefficient (Wildman–Crippen LogP) is 4.68. The number of rotatable bonds is 15. The summed E-state index contributed by atoms with van der Waals surface area (Å²) in [5, 5.41) is 13.8. The molecule has 2 N–H and O–H groups in total. The number of halogens is 1. The number of benzene rings is 2. The molecule has 0 aliphatic carbocycles. The summed E-state index contributed by atoms with van der Waals surface area (Å²) in [6.45, 7) is 10.8. The van der Waals surface area contributed by atoms with E-state index in [2.05, 4.69) is 18.5 Å². The summed E-state index contributed by atoms with van der Waals surface area (Å²) >= 11 is 6.65. The molecule has 0 aromatic heterocycles. The smallest absolute Gasteiger partial charge is 0.306 e. The van der Waals surface area contributed by atoms with Gasteiger partial charge >= 0.3 is 5.97 Å². The van der Waals surface area contributed by atoms with Gasteiger partial charge in [-0.05, 0) is 49.8 Å². The van der Waals surface area contributed by atoms with Gasteiger partial charge in [-0.3, -0.25) is 19.2 Å². The number of anilines is 1. The maximum Gasteiger partial charge on any atom is 0.306 e. The number of allylic oxidation sites excluding steroid dienone is 1. The molecule has 2 aromatic rings. The SMILES string of the molecule is C=CCCC(=O)OC[C@H](NC(=O)[C@@H]1[C@H]2C(=O)N([C@@H](CC)CO)[C@H](C(=O)N(CC=C)c3c(C)cccc3Cl)[C@]23CC[C@H]1O3)c1ccccc1. The van der Waals surface area contributed by atoms with E-state index < -0.39 is 65.4 Å². The molecule has 10 nitrogen and oxygen atoms in total. The van der Waals surface area contributed by atoms with Crippen LogP contribution in [-0.4, -0.2) is 77.2 Å². The van der Waals surface area contributed by atoms with Crippen molar-refractivity contribution in [1.82, 2.24) is 10.2 Å². The van der Waals surface area contributed by atoms with Crippen LogP contribution in [0.15, 0.2) is 73.8 Å². The number of hydrogen-bond donors (Lipinski definition) is 2. The standard InChI is InChI=1S/C37H44ClN3O7/c1-5-8-17-29(43)47-22-27(24-14-10-9-11-15-24)39-34(44)30-28-18-19-37(48-28)31(30)35(45)41(25(7-3)21-42)33(37)36(46)40(20-6-2)32-23(4)13-12-16-26(32)38/h5-6,9-16,25,27-28,30-31,33,42H,1-2,7-8,17-22H2,3-4H3,(H,39,44)/t25-,27-,28+,30-,31-,33+,37-/m0/s1. The molecular formula is C37H44ClN3O7. The van der Waals surface area contributed by atoms with Gasteiger partial charge in [0.2, 0.25) is 11.8 Å². The maximum absolute atomic E-state index is 14.8. The van der Waals surface area contributed by atoms with E-state index in [1.165, 1.54) is 9.80 Å². The molecule has 3 aliphatic heterocycles. The largest absolute Gasteiger partial charge is 0.463 e. The van der Waals surface area contributed by atoms with Crippen LogP contribution in [0.5, 0.6) is 0 Å². The zero-order valence-corrected chi connectivity index (χ0v) is 28.2. The van der Waals surface area contributed by atoms with Crippen molar-refractivity contribution in [3.8, 4) is 0 Å². The van der Waals surface area contributed by atoms with Crippen LogP contribution in [0.25, 0.3) is 0 Å². The summed E-state index contributed by atoms with van der Waals surface area (Å²) in [7, 11) is 0. The molecule has 256 valence electrons. The maximum atomic E-state index is 14.8. The van der Waals surface area contributed by atoms with E-state index >= 15 is 0 Å². The quantitative estimate of drug-likeness (QED) is 0.207. The van der Waals surface area contributed by atoms with E-state index in [9.17, 15) is 24.3 Å². The molecule has 3 fully saturated rings. The van der Waals surface area contributed by atoms with Gasteiger partial charge in [-0.25, -0.2) is 0 Å². The monoisotopic (exact) mass is 677 g/mol. The van der Waals surface area contributed by atoms with Gasteiger partial charge in [0.15, 0.2) is 0 Å². The average molecular weight is 678 g/mol. The molecule has 0 saturated carbocycles. The Hall–Kier alpha value is -3.99. The third-order valence-corrected chi connectivity index (χ3v) is 10.2. The molecule has 3 saturated heterocycles. The van der Waals surface area contributed by atoms with Gasteiger partial charge in [-0.15, -0.1) is 13.2 Å². The fourth-order valence-corrected chi connectivity index (χ4v) is 7.98. The Labute approximate surface area is 286 Å². The normalized spacial score (nSPS) is 25.2. The van der Waals surface area contributed by atoms with Crippen molar-refractivity contribution in [2.24, 2.45) is 11.8 Å². The Morgan fingerprint density at radius 1 is 1.19 bits per heavy atom. The lowest BCUT2D eigenvalue weighted by Gasteiger charge is -2.39. The van der Waals surface area contributed by atoms with Crippen molar-refractivity contribution < 1.29 is 33.8 Å². The van der Waals surface area contributed by atoms with E-state index in [1.54, 1.807) is 24.3 Å². The van der Waals surface area contributed by atoms with Gasteiger partial charge in [0.05, 0.1) is 47.3 Å². The number of amides is 3. The molecule has 0 unspecified atom stereocenters. The number of aliphatic hydroxyl groups is 1. The fraction of sp³-hybridized carbons (Fsp3) is 0.459. The van der Waals surface area contributed by atoms with E-state index in [-0.39, 0.29) is 26.2 Å². The molecule has 0 radical (unpaired) electrons. The van der Waals surface area contributed by atoms with Gasteiger partial charge in [-0.1, -0.05) is 73.1 Å². The molecule has 7 atom stereocenters. The topological polar surface area (TPSA) is 125 Å². The molecule has 1 spiro atoms. The summed E-state index contributed by atoms with van der Waals surface area (Å²) in [5.41, 5.74) is 0.707. The number of nitrogens with zero attached hydrogens (tertiary/aromatic N) is 2. The number of aryl methyl sites for hydroxylation is 1. The van der Waals surface area contributed by atoms with Gasteiger partial charge in [0.25, 0.3) is 5.91 Å². The van der Waals surface area contributed by atoms with Crippen molar-refractivity contribution >= 4 is 41.0 Å². The number of likely N-dealkylation sites (tertiary alicyclic amines) is 1. The number of aliphatic hydroxyl groups excluding tert-OH is 1. The highest BCUT2D eigenvalue weighted by Crippen LogP contribution is 2.59. The highest BCUT2D eigenvalue weighted by molar-refractivity contribution is 6.34. The molecular weight excluding hydrogens is 634 g/mol. The second-order valence-electron chi connectivity index (χ2n) is 12.7. The van der Waals surface area contributed by atoms with Crippen molar-refractivity contribution in [3.05, 3.63) is 90.0 Å². The number of carbonyl (C=O) groups is 4. The van der Waals surface area contributed by atoms with Gasteiger partial charge < -0.3 is 29.7 Å². The minimum Gasteiger partial charge on any atom is -0.463 e. The van der Waals surface area contributed by atoms with Crippen LogP contribution in [0.3, 0.4) is 0 Å². The lowest BCUT2D eigenvalue weighted by molar-refractivity contribution is -0.146. The lowest BCUT2D eigenvalue weighted by Crippen LogP contribution is -2.59. The fourth-order valence-electron chi connectivity index (χ4n) is 7.65. The Kier molecular flexibility index (Phi) is 11.1. The second-order valence-corrected chi connectivity index (χ2v) is 13.1. The number of para-hydroxylation sites is 1. The highest BCUT2D eigenvalue weighted by Gasteiger charge is 2.75. The summed E-state index contributed by atoms with van der Waals surface area (Å²) in [6.07, 6.45) is 4.50. The van der Waals surface area contributed by atoms with Crippen molar-refractivity contribution in [3.63, 3.8) is 0 Å². The summed E-state index contributed by atoms with van der Waals surface area (Å²) in [4.78, 5) is 59.0. The first-order chi connectivity index (χ1) is 23.1. The predicted molar refractivity (Wildman–Crippen MR) is 182 cm³/mol. The number of fused-ring (bicyclic) bond motifs is 1. The number of hydrogen-bond acceptors (Lipinski definition) is 7. The van der Waals surface area contributed by atoms with Crippen molar-refractivity contribution in [1.29, 1.82) is 0 Å². The first-order valence-electron chi connectivity index (χ1n) is 16.5. The molecule has 3 aliphatic rings. The second kappa shape index (κ2) is 15.1. The van der Waals surface area contributed by atoms with E-state index in [4.69, 9.17) is 21.1 Å². The van der Waals surface area contributed by atoms with Crippen molar-refractivity contribution in [2.75, 3.05) is 24.7 Å². The molecule has 3 heterocycles. The summed E-state index contributed by atoms with van der Waals surface area (Å²) in [5.74, 6) is -3.52. The summed E-state index contributed by atoms with van der Waals surface area (Å²) < 4.78 is 12.2. The first-order valence-corrected chi connectivity index (χ1v) is 16.9. The van der Waals surface area contributed by atoms with E-state index in [0.717, 1.165) is 11.1 Å². The van der Waals surface area contributed by atoms with Gasteiger partial charge in [0.1, 0.15) is 18.2 Å². The van der Waals surface area contributed by atoms with Crippen LogP contribution in [0.1, 0.15) is 56.2 Å². The minimum atomic E-state index is -1.29. The van der Waals surface area contributed by atoms with Crippen LogP contribution >= 0.6 is 11.6 Å². The van der Waals surface area contributed by atoms with Crippen LogP contribution in [0, 0.1) is 18.8 Å². The van der Waals surface area contributed by atoms with Gasteiger partial charge in [-0.2, -0.15) is 0 Å². The third-order valence-electron chi connectivity index (χ3n) is 9.87. The van der Waals surface area contributed by atoms with Crippen LogP contribution < -0.4 is 10.2 Å². The van der Waals surface area contributed by atoms with E-state index in [1.807, 2.05) is 50.2 Å². The average Bonchev–Trinajstić information content (AvgIpc) is 3.73. The number of ether oxygens (including phenoxy) is 2.